The summed E-state index contributed by atoms with van der Waals surface area (Å²) in [5, 5.41) is 3.74. The van der Waals surface area contributed by atoms with Crippen LogP contribution < -0.4 is 0 Å². The smallest absolute Gasteiger partial charge is 0.250 e. The van der Waals surface area contributed by atoms with E-state index in [9.17, 15) is 0 Å². The molecule has 0 amide bonds. The highest BCUT2D eigenvalue weighted by molar-refractivity contribution is 7.13. The summed E-state index contributed by atoms with van der Waals surface area (Å²) in [5.41, 5.74) is 1.72. The average molecular weight is 179 g/mol. The summed E-state index contributed by atoms with van der Waals surface area (Å²) in [5.74, 6) is 0.991. The van der Waals surface area contributed by atoms with Gasteiger partial charge in [-0.3, -0.25) is 4.98 Å². The van der Waals surface area contributed by atoms with Crippen molar-refractivity contribution in [3.63, 3.8) is 0 Å². The van der Waals surface area contributed by atoms with Crippen molar-refractivity contribution in [2.24, 2.45) is 0 Å². The van der Waals surface area contributed by atoms with E-state index in [2.05, 4.69) is 21.7 Å². The van der Waals surface area contributed by atoms with Gasteiger partial charge in [-0.2, -0.15) is 4.98 Å². The number of hydrogen-bond acceptors (Lipinski definition) is 5. The predicted octanol–water partition coefficient (Wildman–Crippen LogP) is 1.84. The first-order valence-corrected chi connectivity index (χ1v) is 4.13. The van der Waals surface area contributed by atoms with Crippen molar-refractivity contribution >= 4 is 17.4 Å². The molecule has 0 atom stereocenters. The van der Waals surface area contributed by atoms with Crippen molar-refractivity contribution in [2.45, 2.75) is 0 Å². The molecular weight excluding hydrogens is 174 g/mol. The van der Waals surface area contributed by atoms with Crippen LogP contribution in [0.25, 0.3) is 16.8 Å². The van der Waals surface area contributed by atoms with Crippen molar-refractivity contribution in [1.29, 1.82) is 0 Å². The van der Waals surface area contributed by atoms with Gasteiger partial charge in [0.2, 0.25) is 11.7 Å². The Kier molecular flexibility index (Phi) is 1.71. The molecule has 0 aliphatic rings. The molecule has 0 unspecified atom stereocenters. The largest absolute Gasteiger partial charge is 0.334 e. The van der Waals surface area contributed by atoms with Crippen LogP contribution in [0.2, 0.25) is 0 Å². The Labute approximate surface area is 72.6 Å². The molecule has 0 saturated carbocycles. The maximum atomic E-state index is 4.84. The van der Waals surface area contributed by atoms with E-state index in [-0.39, 0.29) is 0 Å². The second kappa shape index (κ2) is 2.86. The van der Waals surface area contributed by atoms with Gasteiger partial charge in [-0.25, -0.2) is 0 Å². The lowest BCUT2D eigenvalue weighted by molar-refractivity contribution is 0.411. The fraction of sp³-hybridized carbons (Fsp3) is 0. The van der Waals surface area contributed by atoms with E-state index >= 15 is 0 Å². The van der Waals surface area contributed by atoms with E-state index < -0.39 is 0 Å². The zero-order chi connectivity index (χ0) is 8.39. The minimum atomic E-state index is 0.429. The first-order chi connectivity index (χ1) is 5.90. The topological polar surface area (TPSA) is 51.8 Å². The van der Waals surface area contributed by atoms with Crippen molar-refractivity contribution < 1.29 is 4.52 Å². The summed E-state index contributed by atoms with van der Waals surface area (Å²) in [6.07, 6.45) is 3.21. The van der Waals surface area contributed by atoms with Crippen LogP contribution in [0.15, 0.2) is 22.8 Å². The van der Waals surface area contributed by atoms with Gasteiger partial charge >= 0.3 is 0 Å². The summed E-state index contributed by atoms with van der Waals surface area (Å²) in [6.45, 7) is 3.52. The fourth-order valence-corrected chi connectivity index (χ4v) is 1.29. The van der Waals surface area contributed by atoms with Gasteiger partial charge in [0, 0.05) is 6.20 Å². The van der Waals surface area contributed by atoms with Crippen LogP contribution in [0, 0.1) is 0 Å². The van der Waals surface area contributed by atoms with Gasteiger partial charge in [-0.05, 0) is 6.08 Å². The molecule has 0 bridgehead atoms. The van der Waals surface area contributed by atoms with Gasteiger partial charge in [-0.1, -0.05) is 11.7 Å². The standard InChI is InChI=1S/C7H5N3OS/c1-2-6-9-7(10-11-6)5-3-8-4-12-5/h2-4H,1H2. The SMILES string of the molecule is C=Cc1nc(-c2cncs2)no1. The summed E-state index contributed by atoms with van der Waals surface area (Å²) in [7, 11) is 0. The highest BCUT2D eigenvalue weighted by atomic mass is 32.1. The molecule has 60 valence electrons. The monoisotopic (exact) mass is 179 g/mol. The van der Waals surface area contributed by atoms with Crippen molar-refractivity contribution in [1.82, 2.24) is 15.1 Å². The second-order valence-electron chi connectivity index (χ2n) is 2.03. The van der Waals surface area contributed by atoms with Crippen molar-refractivity contribution in [3.8, 4) is 10.7 Å². The van der Waals surface area contributed by atoms with Crippen LogP contribution in [-0.4, -0.2) is 15.1 Å². The molecule has 2 aromatic rings. The highest BCUT2D eigenvalue weighted by Crippen LogP contribution is 2.19. The van der Waals surface area contributed by atoms with Gasteiger partial charge in [0.15, 0.2) is 0 Å². The third kappa shape index (κ3) is 1.14. The number of rotatable bonds is 2. The van der Waals surface area contributed by atoms with Crippen LogP contribution in [0.4, 0.5) is 0 Å². The molecule has 0 radical (unpaired) electrons. The van der Waals surface area contributed by atoms with E-state index in [1.165, 1.54) is 17.4 Å². The summed E-state index contributed by atoms with van der Waals surface area (Å²) in [4.78, 5) is 8.85. The molecule has 0 aliphatic heterocycles. The number of thiazole rings is 1. The molecule has 0 saturated heterocycles. The first kappa shape index (κ1) is 7.17. The molecular formula is C7H5N3OS. The molecule has 12 heavy (non-hydrogen) atoms. The van der Waals surface area contributed by atoms with Crippen LogP contribution in [0.1, 0.15) is 5.89 Å². The maximum absolute atomic E-state index is 4.84. The van der Waals surface area contributed by atoms with Gasteiger partial charge in [0.05, 0.1) is 10.4 Å². The molecule has 0 aliphatic carbocycles. The Bertz CT molecular complexity index is 379. The van der Waals surface area contributed by atoms with E-state index in [4.69, 9.17) is 4.52 Å². The van der Waals surface area contributed by atoms with E-state index in [0.717, 1.165) is 4.88 Å². The molecule has 0 aromatic carbocycles. The zero-order valence-corrected chi connectivity index (χ0v) is 6.91. The quantitative estimate of drug-likeness (QED) is 0.705. The number of aromatic nitrogens is 3. The molecule has 2 aromatic heterocycles. The molecule has 0 spiro atoms. The molecule has 0 N–H and O–H groups in total. The lowest BCUT2D eigenvalue weighted by Crippen LogP contribution is -1.74. The molecule has 5 heteroatoms. The zero-order valence-electron chi connectivity index (χ0n) is 6.10. The normalized spacial score (nSPS) is 10.0. The van der Waals surface area contributed by atoms with Gasteiger partial charge in [-0.15, -0.1) is 11.3 Å². The fourth-order valence-electron chi connectivity index (χ4n) is 0.744. The lowest BCUT2D eigenvalue weighted by atomic mass is 10.5. The lowest BCUT2D eigenvalue weighted by Gasteiger charge is -1.79. The molecule has 2 heterocycles. The second-order valence-corrected chi connectivity index (χ2v) is 2.91. The Hall–Kier alpha value is -1.49. The summed E-state index contributed by atoms with van der Waals surface area (Å²) in [6, 6.07) is 0. The Morgan fingerprint density at radius 2 is 2.50 bits per heavy atom. The molecule has 0 fully saturated rings. The maximum Gasteiger partial charge on any atom is 0.250 e. The van der Waals surface area contributed by atoms with Crippen LogP contribution in [0.3, 0.4) is 0 Å². The first-order valence-electron chi connectivity index (χ1n) is 3.25. The van der Waals surface area contributed by atoms with E-state index in [1.54, 1.807) is 11.7 Å². The third-order valence-electron chi connectivity index (χ3n) is 1.27. The molecule has 2 rings (SSSR count). The van der Waals surface area contributed by atoms with Crippen molar-refractivity contribution in [3.05, 3.63) is 24.2 Å². The van der Waals surface area contributed by atoms with E-state index in [1.807, 2.05) is 0 Å². The van der Waals surface area contributed by atoms with Gasteiger partial charge in [0.1, 0.15) is 0 Å². The predicted molar refractivity (Wildman–Crippen MR) is 45.5 cm³/mol. The minimum absolute atomic E-state index is 0.429. The Balaban J connectivity index is 2.41. The number of hydrogen-bond donors (Lipinski definition) is 0. The Morgan fingerprint density at radius 3 is 3.08 bits per heavy atom. The molecule has 4 nitrogen and oxygen atoms in total. The minimum Gasteiger partial charge on any atom is -0.334 e. The van der Waals surface area contributed by atoms with Gasteiger partial charge in [0.25, 0.3) is 0 Å². The van der Waals surface area contributed by atoms with E-state index in [0.29, 0.717) is 11.7 Å². The van der Waals surface area contributed by atoms with Crippen LogP contribution in [0.5, 0.6) is 0 Å². The van der Waals surface area contributed by atoms with Crippen molar-refractivity contribution in [2.75, 3.05) is 0 Å². The Morgan fingerprint density at radius 1 is 1.58 bits per heavy atom. The van der Waals surface area contributed by atoms with Crippen LogP contribution >= 0.6 is 11.3 Å². The third-order valence-corrected chi connectivity index (χ3v) is 2.04. The number of nitrogens with zero attached hydrogens (tertiary/aromatic N) is 3. The van der Waals surface area contributed by atoms with Gasteiger partial charge < -0.3 is 4.52 Å². The average Bonchev–Trinajstić information content (AvgIpc) is 2.75. The summed E-state index contributed by atoms with van der Waals surface area (Å²) >= 11 is 1.47. The highest BCUT2D eigenvalue weighted by Gasteiger charge is 2.06. The van der Waals surface area contributed by atoms with Crippen LogP contribution in [-0.2, 0) is 0 Å². The summed E-state index contributed by atoms with van der Waals surface area (Å²) < 4.78 is 4.84.